The molecule has 0 saturated heterocycles. The molecule has 106 valence electrons. The van der Waals surface area contributed by atoms with Gasteiger partial charge >= 0.3 is 0 Å². The zero-order chi connectivity index (χ0) is 15.1. The molecule has 1 aliphatic heterocycles. The minimum Gasteiger partial charge on any atom is -0.339 e. The molecule has 1 aromatic heterocycles. The molecule has 1 aliphatic rings. The zero-order valence-corrected chi connectivity index (χ0v) is 13.1. The van der Waals surface area contributed by atoms with Crippen LogP contribution in [0.3, 0.4) is 0 Å². The third kappa shape index (κ3) is 2.21. The van der Waals surface area contributed by atoms with Gasteiger partial charge in [-0.15, -0.1) is 0 Å². The minimum atomic E-state index is -0.282. The van der Waals surface area contributed by atoms with Crippen molar-refractivity contribution in [3.8, 4) is 0 Å². The molecule has 3 rings (SSSR count). The van der Waals surface area contributed by atoms with Crippen LogP contribution in [0.25, 0.3) is 0 Å². The first kappa shape index (κ1) is 13.8. The Balaban J connectivity index is 1.98. The molecule has 5 nitrogen and oxygen atoms in total. The van der Waals surface area contributed by atoms with Gasteiger partial charge in [0.2, 0.25) is 0 Å². The van der Waals surface area contributed by atoms with Crippen molar-refractivity contribution in [3.63, 3.8) is 0 Å². The molecule has 2 amide bonds. The van der Waals surface area contributed by atoms with Gasteiger partial charge in [0, 0.05) is 18.9 Å². The average molecular weight is 346 g/mol. The van der Waals surface area contributed by atoms with Crippen LogP contribution in [0.2, 0.25) is 0 Å². The quantitative estimate of drug-likeness (QED) is 0.849. The van der Waals surface area contributed by atoms with Crippen LogP contribution in [0.15, 0.2) is 34.9 Å². The number of hydrogen-bond donors (Lipinski definition) is 1. The van der Waals surface area contributed by atoms with Gasteiger partial charge < -0.3 is 5.32 Å². The SMILES string of the molecule is Cc1ccnc(Nc2ccc3c(c2)C(=O)N(C)C3=O)c1Br. The van der Waals surface area contributed by atoms with Gasteiger partial charge in [-0.3, -0.25) is 14.5 Å². The largest absolute Gasteiger partial charge is 0.339 e. The van der Waals surface area contributed by atoms with Gasteiger partial charge in [0.05, 0.1) is 15.6 Å². The monoisotopic (exact) mass is 345 g/mol. The number of benzene rings is 1. The van der Waals surface area contributed by atoms with Crippen molar-refractivity contribution in [2.45, 2.75) is 6.92 Å². The summed E-state index contributed by atoms with van der Waals surface area (Å²) >= 11 is 3.48. The van der Waals surface area contributed by atoms with E-state index in [0.29, 0.717) is 22.6 Å². The van der Waals surface area contributed by atoms with E-state index in [2.05, 4.69) is 26.2 Å². The third-order valence-electron chi connectivity index (χ3n) is 3.43. The summed E-state index contributed by atoms with van der Waals surface area (Å²) < 4.78 is 0.866. The van der Waals surface area contributed by atoms with Gasteiger partial charge in [-0.25, -0.2) is 4.98 Å². The molecule has 0 bridgehead atoms. The van der Waals surface area contributed by atoms with Crippen molar-refractivity contribution in [2.75, 3.05) is 12.4 Å². The number of amides is 2. The van der Waals surface area contributed by atoms with E-state index >= 15 is 0 Å². The number of aryl methyl sites for hydroxylation is 1. The summed E-state index contributed by atoms with van der Waals surface area (Å²) in [6.45, 7) is 1.97. The number of rotatable bonds is 2. The van der Waals surface area contributed by atoms with Crippen LogP contribution in [-0.2, 0) is 0 Å². The van der Waals surface area contributed by atoms with Crippen LogP contribution in [0.5, 0.6) is 0 Å². The van der Waals surface area contributed by atoms with Crippen molar-refractivity contribution in [1.82, 2.24) is 9.88 Å². The standard InChI is InChI=1S/C15H12BrN3O2/c1-8-5-6-17-13(12(8)16)18-9-3-4-10-11(7-9)15(21)19(2)14(10)20/h3-7H,1-2H3,(H,17,18). The van der Waals surface area contributed by atoms with Crippen LogP contribution in [0.1, 0.15) is 26.3 Å². The van der Waals surface area contributed by atoms with Crippen molar-refractivity contribution in [2.24, 2.45) is 0 Å². The predicted molar refractivity (Wildman–Crippen MR) is 82.8 cm³/mol. The normalized spacial score (nSPS) is 13.6. The maximum absolute atomic E-state index is 12.0. The number of imide groups is 1. The molecule has 6 heteroatoms. The fourth-order valence-electron chi connectivity index (χ4n) is 2.20. The van der Waals surface area contributed by atoms with Gasteiger partial charge in [0.25, 0.3) is 11.8 Å². The first-order chi connectivity index (χ1) is 9.99. The Morgan fingerprint density at radius 2 is 1.86 bits per heavy atom. The molecule has 0 spiro atoms. The summed E-state index contributed by atoms with van der Waals surface area (Å²) in [7, 11) is 1.48. The predicted octanol–water partition coefficient (Wildman–Crippen LogP) is 3.12. The van der Waals surface area contributed by atoms with E-state index in [1.54, 1.807) is 24.4 Å². The summed E-state index contributed by atoms with van der Waals surface area (Å²) in [6.07, 6.45) is 1.71. The maximum atomic E-state index is 12.0. The number of halogens is 1. The highest BCUT2D eigenvalue weighted by Crippen LogP contribution is 2.29. The molecule has 1 aromatic carbocycles. The Morgan fingerprint density at radius 1 is 1.14 bits per heavy atom. The smallest absolute Gasteiger partial charge is 0.261 e. The van der Waals surface area contributed by atoms with Gasteiger partial charge in [-0.05, 0) is 52.7 Å². The van der Waals surface area contributed by atoms with Crippen molar-refractivity contribution in [1.29, 1.82) is 0 Å². The van der Waals surface area contributed by atoms with Crippen molar-refractivity contribution < 1.29 is 9.59 Å². The average Bonchev–Trinajstić information content (AvgIpc) is 2.69. The number of fused-ring (bicyclic) bond motifs is 1. The number of nitrogens with one attached hydrogen (secondary N) is 1. The number of carbonyl (C=O) groups excluding carboxylic acids is 2. The molecule has 0 aliphatic carbocycles. The lowest BCUT2D eigenvalue weighted by Gasteiger charge is -2.09. The molecular formula is C15H12BrN3O2. The highest BCUT2D eigenvalue weighted by molar-refractivity contribution is 9.10. The first-order valence-corrected chi connectivity index (χ1v) is 7.13. The zero-order valence-electron chi connectivity index (χ0n) is 11.5. The number of nitrogens with zero attached hydrogens (tertiary/aromatic N) is 2. The maximum Gasteiger partial charge on any atom is 0.261 e. The number of pyridine rings is 1. The van der Waals surface area contributed by atoms with Gasteiger partial charge in [-0.1, -0.05) is 0 Å². The molecular weight excluding hydrogens is 334 g/mol. The number of aromatic nitrogens is 1. The summed E-state index contributed by atoms with van der Waals surface area (Å²) in [5.74, 6) is 0.117. The van der Waals surface area contributed by atoms with Crippen LogP contribution in [0, 0.1) is 6.92 Å². The fourth-order valence-corrected chi connectivity index (χ4v) is 2.54. The summed E-state index contributed by atoms with van der Waals surface area (Å²) in [4.78, 5) is 29.2. The lowest BCUT2D eigenvalue weighted by Crippen LogP contribution is -2.24. The van der Waals surface area contributed by atoms with Gasteiger partial charge in [0.1, 0.15) is 5.82 Å². The number of hydrogen-bond acceptors (Lipinski definition) is 4. The molecule has 0 atom stereocenters. The van der Waals surface area contributed by atoms with E-state index in [4.69, 9.17) is 0 Å². The molecule has 0 radical (unpaired) electrons. The Hall–Kier alpha value is -2.21. The molecule has 2 heterocycles. The minimum absolute atomic E-state index is 0.267. The second kappa shape index (κ2) is 4.96. The molecule has 0 unspecified atom stereocenters. The third-order valence-corrected chi connectivity index (χ3v) is 4.44. The Kier molecular flexibility index (Phi) is 3.25. The van der Waals surface area contributed by atoms with Crippen LogP contribution < -0.4 is 5.32 Å². The topological polar surface area (TPSA) is 62.3 Å². The summed E-state index contributed by atoms with van der Waals surface area (Å²) in [6, 6.07) is 7.00. The van der Waals surface area contributed by atoms with E-state index in [1.807, 2.05) is 13.0 Å². The number of anilines is 2. The Bertz CT molecular complexity index is 774. The highest BCUT2D eigenvalue weighted by atomic mass is 79.9. The van der Waals surface area contributed by atoms with Crippen molar-refractivity contribution in [3.05, 3.63) is 51.6 Å². The van der Waals surface area contributed by atoms with Crippen LogP contribution >= 0.6 is 15.9 Å². The lowest BCUT2D eigenvalue weighted by molar-refractivity contribution is 0.0693. The second-order valence-corrected chi connectivity index (χ2v) is 5.64. The van der Waals surface area contributed by atoms with Gasteiger partial charge in [-0.2, -0.15) is 0 Å². The highest BCUT2D eigenvalue weighted by Gasteiger charge is 2.32. The van der Waals surface area contributed by atoms with E-state index in [9.17, 15) is 9.59 Å². The van der Waals surface area contributed by atoms with E-state index in [0.717, 1.165) is 14.9 Å². The fraction of sp³-hybridized carbons (Fsp3) is 0.133. The van der Waals surface area contributed by atoms with E-state index in [-0.39, 0.29) is 11.8 Å². The van der Waals surface area contributed by atoms with Crippen molar-refractivity contribution >= 4 is 39.2 Å². The van der Waals surface area contributed by atoms with E-state index in [1.165, 1.54) is 7.05 Å². The molecule has 21 heavy (non-hydrogen) atoms. The van der Waals surface area contributed by atoms with Crippen LogP contribution in [-0.4, -0.2) is 28.7 Å². The Morgan fingerprint density at radius 3 is 2.62 bits per heavy atom. The van der Waals surface area contributed by atoms with E-state index < -0.39 is 0 Å². The Labute approximate surface area is 130 Å². The lowest BCUT2D eigenvalue weighted by atomic mass is 10.1. The molecule has 1 N–H and O–H groups in total. The molecule has 0 fully saturated rings. The number of carbonyl (C=O) groups is 2. The molecule has 2 aromatic rings. The second-order valence-electron chi connectivity index (χ2n) is 4.85. The first-order valence-electron chi connectivity index (χ1n) is 6.33. The molecule has 0 saturated carbocycles. The summed E-state index contributed by atoms with van der Waals surface area (Å²) in [5.41, 5.74) is 2.62. The van der Waals surface area contributed by atoms with Gasteiger partial charge in [0.15, 0.2) is 0 Å². The summed E-state index contributed by atoms with van der Waals surface area (Å²) in [5, 5.41) is 3.15. The van der Waals surface area contributed by atoms with Crippen LogP contribution in [0.4, 0.5) is 11.5 Å².